The Kier molecular flexibility index (Phi) is 4.30. The molecule has 4 aromatic carbocycles. The summed E-state index contributed by atoms with van der Waals surface area (Å²) in [5.41, 5.74) is 8.23. The molecule has 6 rings (SSSR count). The molecule has 0 saturated heterocycles. The van der Waals surface area contributed by atoms with Crippen LogP contribution >= 0.6 is 0 Å². The molecule has 0 bridgehead atoms. The van der Waals surface area contributed by atoms with Crippen LogP contribution in [0.25, 0.3) is 45.0 Å². The highest BCUT2D eigenvalue weighted by Gasteiger charge is 2.26. The zero-order valence-corrected chi connectivity index (χ0v) is 17.3. The van der Waals surface area contributed by atoms with Crippen molar-refractivity contribution < 1.29 is 19.5 Å². The minimum Gasteiger partial charge on any atom is -0.507 e. The number of aromatic nitrogens is 1. The van der Waals surface area contributed by atoms with Gasteiger partial charge in [0.05, 0.1) is 23.0 Å². The summed E-state index contributed by atoms with van der Waals surface area (Å²) in [6.07, 6.45) is 1.61. The van der Waals surface area contributed by atoms with Crippen LogP contribution in [0.3, 0.4) is 0 Å². The van der Waals surface area contributed by atoms with E-state index < -0.39 is 0 Å². The SMILES string of the molecule is Oc1ccccc1-c1ncc(-c2c(-c3ccccc3O)ccc3c2NOc2ccccc2-3)o1. The second-order valence-corrected chi connectivity index (χ2v) is 7.67. The highest BCUT2D eigenvalue weighted by atomic mass is 16.6. The van der Waals surface area contributed by atoms with Gasteiger partial charge in [0, 0.05) is 16.7 Å². The van der Waals surface area contributed by atoms with E-state index in [2.05, 4.69) is 10.5 Å². The third-order valence-corrected chi connectivity index (χ3v) is 5.73. The smallest absolute Gasteiger partial charge is 0.230 e. The molecule has 0 fully saturated rings. The molecule has 33 heavy (non-hydrogen) atoms. The van der Waals surface area contributed by atoms with Crippen LogP contribution in [0.4, 0.5) is 5.69 Å². The molecule has 0 amide bonds. The number of phenols is 2. The van der Waals surface area contributed by atoms with Gasteiger partial charge in [-0.05, 0) is 29.8 Å². The van der Waals surface area contributed by atoms with Crippen molar-refractivity contribution in [2.45, 2.75) is 0 Å². The minimum absolute atomic E-state index is 0.0808. The van der Waals surface area contributed by atoms with Gasteiger partial charge in [0.15, 0.2) is 11.5 Å². The second kappa shape index (κ2) is 7.46. The van der Waals surface area contributed by atoms with Crippen molar-refractivity contribution in [1.29, 1.82) is 0 Å². The fourth-order valence-electron chi connectivity index (χ4n) is 4.17. The van der Waals surface area contributed by atoms with Gasteiger partial charge in [-0.2, -0.15) is 0 Å². The van der Waals surface area contributed by atoms with Crippen LogP contribution in [0, 0.1) is 0 Å². The first-order valence-electron chi connectivity index (χ1n) is 10.4. The maximum atomic E-state index is 10.6. The molecular weight excluding hydrogens is 416 g/mol. The second-order valence-electron chi connectivity index (χ2n) is 7.67. The number of oxazole rings is 1. The molecule has 0 unspecified atom stereocenters. The van der Waals surface area contributed by atoms with Crippen molar-refractivity contribution in [3.05, 3.63) is 91.1 Å². The summed E-state index contributed by atoms with van der Waals surface area (Å²) in [5.74, 6) is 1.72. The third kappa shape index (κ3) is 3.08. The number of para-hydroxylation sites is 3. The average Bonchev–Trinajstić information content (AvgIpc) is 3.33. The first-order valence-corrected chi connectivity index (χ1v) is 10.4. The quantitative estimate of drug-likeness (QED) is 0.301. The van der Waals surface area contributed by atoms with Gasteiger partial charge >= 0.3 is 0 Å². The highest BCUT2D eigenvalue weighted by Crippen LogP contribution is 2.49. The largest absolute Gasteiger partial charge is 0.507 e. The van der Waals surface area contributed by atoms with Gasteiger partial charge in [-0.3, -0.25) is 0 Å². The molecule has 0 saturated carbocycles. The zero-order chi connectivity index (χ0) is 22.4. The van der Waals surface area contributed by atoms with E-state index in [4.69, 9.17) is 9.25 Å². The summed E-state index contributed by atoms with van der Waals surface area (Å²) in [7, 11) is 0. The molecule has 0 atom stereocenters. The lowest BCUT2D eigenvalue weighted by molar-refractivity contribution is 0.402. The molecule has 0 aliphatic carbocycles. The first-order chi connectivity index (χ1) is 16.2. The number of fused-ring (bicyclic) bond motifs is 3. The summed E-state index contributed by atoms with van der Waals surface area (Å²) >= 11 is 0. The number of hydrogen-bond acceptors (Lipinski definition) is 6. The fourth-order valence-corrected chi connectivity index (χ4v) is 4.17. The van der Waals surface area contributed by atoms with Crippen molar-refractivity contribution in [3.8, 4) is 62.3 Å². The van der Waals surface area contributed by atoms with E-state index in [1.165, 1.54) is 0 Å². The maximum Gasteiger partial charge on any atom is 0.230 e. The standard InChI is InChI=1S/C27H18N2O4/c30-21-10-4-1-7-16(21)18-13-14-19-17-8-3-6-12-23(17)33-29-26(19)25(18)24-15-28-27(32-24)20-9-2-5-11-22(20)31/h1-15,29-31H. The number of aromatic hydroxyl groups is 2. The summed E-state index contributed by atoms with van der Waals surface area (Å²) in [6, 6.07) is 25.7. The fraction of sp³-hybridized carbons (Fsp3) is 0. The maximum absolute atomic E-state index is 10.6. The lowest BCUT2D eigenvalue weighted by Gasteiger charge is -2.25. The van der Waals surface area contributed by atoms with Gasteiger partial charge in [-0.15, -0.1) is 0 Å². The predicted molar refractivity (Wildman–Crippen MR) is 126 cm³/mol. The molecular formula is C27H18N2O4. The molecule has 1 aliphatic rings. The monoisotopic (exact) mass is 434 g/mol. The van der Waals surface area contributed by atoms with Gasteiger partial charge in [0.1, 0.15) is 11.5 Å². The van der Waals surface area contributed by atoms with Gasteiger partial charge in [0.25, 0.3) is 0 Å². The average molecular weight is 434 g/mol. The molecule has 2 heterocycles. The van der Waals surface area contributed by atoms with Crippen LogP contribution in [-0.4, -0.2) is 15.2 Å². The van der Waals surface area contributed by atoms with Crippen LogP contribution < -0.4 is 10.3 Å². The molecule has 0 spiro atoms. The number of anilines is 1. The van der Waals surface area contributed by atoms with E-state index in [9.17, 15) is 10.2 Å². The van der Waals surface area contributed by atoms with Gasteiger partial charge < -0.3 is 19.5 Å². The Labute approximate surface area is 189 Å². The molecule has 160 valence electrons. The number of hydrogen-bond donors (Lipinski definition) is 3. The topological polar surface area (TPSA) is 87.8 Å². The van der Waals surface area contributed by atoms with Crippen molar-refractivity contribution in [1.82, 2.24) is 4.98 Å². The summed E-state index contributed by atoms with van der Waals surface area (Å²) < 4.78 is 6.14. The normalized spacial score (nSPS) is 11.8. The number of phenolic OH excluding ortho intramolecular Hbond substituents is 2. The third-order valence-electron chi connectivity index (χ3n) is 5.73. The Morgan fingerprint density at radius 1 is 0.636 bits per heavy atom. The Morgan fingerprint density at radius 2 is 1.27 bits per heavy atom. The van der Waals surface area contributed by atoms with Crippen LogP contribution in [0.15, 0.2) is 95.5 Å². The number of rotatable bonds is 3. The molecule has 1 aliphatic heterocycles. The van der Waals surface area contributed by atoms with Gasteiger partial charge in [-0.25, -0.2) is 10.5 Å². The molecule has 0 radical (unpaired) electrons. The van der Waals surface area contributed by atoms with E-state index in [1.54, 1.807) is 36.5 Å². The van der Waals surface area contributed by atoms with Gasteiger partial charge in [-0.1, -0.05) is 60.7 Å². The zero-order valence-electron chi connectivity index (χ0n) is 17.3. The molecule has 1 aromatic heterocycles. The Hall–Kier alpha value is -4.71. The van der Waals surface area contributed by atoms with E-state index in [0.717, 1.165) is 22.4 Å². The van der Waals surface area contributed by atoms with E-state index in [1.807, 2.05) is 54.6 Å². The van der Waals surface area contributed by atoms with Crippen LogP contribution in [0.2, 0.25) is 0 Å². The van der Waals surface area contributed by atoms with Crippen molar-refractivity contribution in [2.75, 3.05) is 5.48 Å². The lowest BCUT2D eigenvalue weighted by atomic mass is 9.90. The number of benzene rings is 4. The van der Waals surface area contributed by atoms with Crippen LogP contribution in [0.1, 0.15) is 0 Å². The molecule has 3 N–H and O–H groups in total. The number of nitrogens with one attached hydrogen (secondary N) is 1. The first kappa shape index (κ1) is 19.0. The van der Waals surface area contributed by atoms with Gasteiger partial charge in [0.2, 0.25) is 5.89 Å². The Balaban J connectivity index is 1.61. The Morgan fingerprint density at radius 3 is 2.03 bits per heavy atom. The van der Waals surface area contributed by atoms with Crippen molar-refractivity contribution in [2.24, 2.45) is 0 Å². The summed E-state index contributed by atoms with van der Waals surface area (Å²) in [4.78, 5) is 10.2. The summed E-state index contributed by atoms with van der Waals surface area (Å²) in [6.45, 7) is 0. The Bertz CT molecular complexity index is 1510. The molecule has 6 heteroatoms. The predicted octanol–water partition coefficient (Wildman–Crippen LogP) is 6.47. The van der Waals surface area contributed by atoms with E-state index in [-0.39, 0.29) is 11.5 Å². The van der Waals surface area contributed by atoms with Crippen molar-refractivity contribution >= 4 is 5.69 Å². The van der Waals surface area contributed by atoms with E-state index in [0.29, 0.717) is 34.0 Å². The van der Waals surface area contributed by atoms with Crippen LogP contribution in [-0.2, 0) is 0 Å². The number of nitrogens with zero attached hydrogens (tertiary/aromatic N) is 1. The lowest BCUT2D eigenvalue weighted by Crippen LogP contribution is -2.13. The van der Waals surface area contributed by atoms with Crippen LogP contribution in [0.5, 0.6) is 17.2 Å². The molecule has 6 nitrogen and oxygen atoms in total. The minimum atomic E-state index is 0.0808. The van der Waals surface area contributed by atoms with Crippen molar-refractivity contribution in [3.63, 3.8) is 0 Å². The summed E-state index contributed by atoms with van der Waals surface area (Å²) in [5, 5.41) is 20.8. The van der Waals surface area contributed by atoms with E-state index >= 15 is 0 Å². The highest BCUT2D eigenvalue weighted by molar-refractivity contribution is 6.00. The molecule has 5 aromatic rings.